The van der Waals surface area contributed by atoms with Gasteiger partial charge in [-0.05, 0) is 25.0 Å². The summed E-state index contributed by atoms with van der Waals surface area (Å²) in [4.78, 5) is 25.7. The maximum atomic E-state index is 12.2. The minimum atomic E-state index is -0.718. The molecule has 2 N–H and O–H groups in total. The van der Waals surface area contributed by atoms with Crippen molar-refractivity contribution in [2.75, 3.05) is 13.2 Å². The first-order valence-electron chi connectivity index (χ1n) is 7.18. The summed E-state index contributed by atoms with van der Waals surface area (Å²) in [7, 11) is 0. The van der Waals surface area contributed by atoms with Crippen LogP contribution in [-0.4, -0.2) is 46.2 Å². The molecule has 0 bridgehead atoms. The van der Waals surface area contributed by atoms with Crippen molar-refractivity contribution in [1.29, 1.82) is 0 Å². The molecule has 1 aliphatic heterocycles. The molecule has 0 aromatic heterocycles. The Balaban J connectivity index is 2.12. The van der Waals surface area contributed by atoms with Crippen LogP contribution < -0.4 is 0 Å². The van der Waals surface area contributed by atoms with Crippen LogP contribution in [0.2, 0.25) is 0 Å². The smallest absolute Gasteiger partial charge is 0.261 e. The van der Waals surface area contributed by atoms with Gasteiger partial charge in [0.25, 0.3) is 11.8 Å². The lowest BCUT2D eigenvalue weighted by molar-refractivity contribution is -0.0166. The molecule has 0 fully saturated rings. The Morgan fingerprint density at radius 1 is 1.19 bits per heavy atom. The lowest BCUT2D eigenvalue weighted by atomic mass is 9.80. The normalized spacial score (nSPS) is 18.6. The summed E-state index contributed by atoms with van der Waals surface area (Å²) in [6.45, 7) is 3.60. The molecule has 2 unspecified atom stereocenters. The number of carbonyl (C=O) groups is 2. The van der Waals surface area contributed by atoms with Gasteiger partial charge in [0.15, 0.2) is 0 Å². The van der Waals surface area contributed by atoms with Crippen LogP contribution in [0.4, 0.5) is 0 Å². The summed E-state index contributed by atoms with van der Waals surface area (Å²) in [6.07, 6.45) is 0.209. The lowest BCUT2D eigenvalue weighted by Gasteiger charge is -2.33. The Hall–Kier alpha value is -1.72. The number of hydrogen-bond donors (Lipinski definition) is 2. The Labute approximate surface area is 124 Å². The van der Waals surface area contributed by atoms with Crippen LogP contribution in [0.15, 0.2) is 24.3 Å². The number of carbonyl (C=O) groups excluding carboxylic acids is 2. The lowest BCUT2D eigenvalue weighted by Crippen LogP contribution is -2.40. The molecule has 1 aromatic carbocycles. The standard InChI is InChI=1S/C16H21NO4/c1-3-13(19)16(2,10-18)8-9-17-14(20)11-6-4-5-7-12(11)15(17)21/h4-7,13,18-19H,3,8-10H2,1-2H3. The zero-order chi connectivity index (χ0) is 15.6. The summed E-state index contributed by atoms with van der Waals surface area (Å²) in [5.41, 5.74) is 0.123. The fraction of sp³-hybridized carbons (Fsp3) is 0.500. The first-order chi connectivity index (χ1) is 9.94. The molecule has 0 saturated heterocycles. The molecule has 1 aliphatic rings. The van der Waals surface area contributed by atoms with Crippen molar-refractivity contribution in [3.63, 3.8) is 0 Å². The molecule has 21 heavy (non-hydrogen) atoms. The van der Waals surface area contributed by atoms with Gasteiger partial charge in [0.1, 0.15) is 0 Å². The van der Waals surface area contributed by atoms with E-state index in [0.717, 1.165) is 0 Å². The second-order valence-corrected chi connectivity index (χ2v) is 5.79. The first kappa shape index (κ1) is 15.7. The van der Waals surface area contributed by atoms with E-state index < -0.39 is 11.5 Å². The molecule has 5 nitrogen and oxygen atoms in total. The highest BCUT2D eigenvalue weighted by Crippen LogP contribution is 2.30. The van der Waals surface area contributed by atoms with E-state index >= 15 is 0 Å². The predicted octanol–water partition coefficient (Wildman–Crippen LogP) is 1.44. The molecule has 2 rings (SSSR count). The third-order valence-corrected chi connectivity index (χ3v) is 4.34. The fourth-order valence-electron chi connectivity index (χ4n) is 2.65. The van der Waals surface area contributed by atoms with E-state index in [1.165, 1.54) is 4.90 Å². The average molecular weight is 291 g/mol. The van der Waals surface area contributed by atoms with E-state index in [1.54, 1.807) is 31.2 Å². The van der Waals surface area contributed by atoms with E-state index in [4.69, 9.17) is 0 Å². The Morgan fingerprint density at radius 3 is 2.14 bits per heavy atom. The van der Waals surface area contributed by atoms with Gasteiger partial charge in [-0.3, -0.25) is 14.5 Å². The molecule has 0 aliphatic carbocycles. The number of benzene rings is 1. The SMILES string of the molecule is CCC(O)C(C)(CO)CCN1C(=O)c2ccccc2C1=O. The summed E-state index contributed by atoms with van der Waals surface area (Å²) in [6, 6.07) is 6.74. The van der Waals surface area contributed by atoms with Crippen LogP contribution in [0.3, 0.4) is 0 Å². The number of hydrogen-bond acceptors (Lipinski definition) is 4. The van der Waals surface area contributed by atoms with Gasteiger partial charge in [0.05, 0.1) is 23.8 Å². The maximum Gasteiger partial charge on any atom is 0.261 e. The molecule has 0 saturated carbocycles. The van der Waals surface area contributed by atoms with Gasteiger partial charge >= 0.3 is 0 Å². The van der Waals surface area contributed by atoms with Crippen molar-refractivity contribution in [3.8, 4) is 0 Å². The largest absolute Gasteiger partial charge is 0.396 e. The van der Waals surface area contributed by atoms with Crippen LogP contribution in [0.5, 0.6) is 0 Å². The number of amides is 2. The van der Waals surface area contributed by atoms with E-state index in [1.807, 2.05) is 6.92 Å². The molecule has 2 amide bonds. The molecule has 0 radical (unpaired) electrons. The van der Waals surface area contributed by atoms with Crippen molar-refractivity contribution in [1.82, 2.24) is 4.90 Å². The number of nitrogens with zero attached hydrogens (tertiary/aromatic N) is 1. The van der Waals surface area contributed by atoms with Crippen molar-refractivity contribution in [2.45, 2.75) is 32.8 Å². The highest BCUT2D eigenvalue weighted by molar-refractivity contribution is 6.21. The number of rotatable bonds is 6. The zero-order valence-corrected chi connectivity index (χ0v) is 12.4. The summed E-state index contributed by atoms with van der Waals surface area (Å²) >= 11 is 0. The Kier molecular flexibility index (Phi) is 4.44. The molecular formula is C16H21NO4. The quantitative estimate of drug-likeness (QED) is 0.778. The van der Waals surface area contributed by atoms with Crippen LogP contribution in [0, 0.1) is 5.41 Å². The van der Waals surface area contributed by atoms with Gasteiger partial charge in [0, 0.05) is 12.0 Å². The summed E-state index contributed by atoms with van der Waals surface area (Å²) < 4.78 is 0. The minimum absolute atomic E-state index is 0.189. The second-order valence-electron chi connectivity index (χ2n) is 5.79. The van der Waals surface area contributed by atoms with Crippen molar-refractivity contribution >= 4 is 11.8 Å². The molecule has 5 heteroatoms. The van der Waals surface area contributed by atoms with Crippen molar-refractivity contribution < 1.29 is 19.8 Å². The van der Waals surface area contributed by atoms with E-state index in [9.17, 15) is 19.8 Å². The number of fused-ring (bicyclic) bond motifs is 1. The van der Waals surface area contributed by atoms with E-state index in [2.05, 4.69) is 0 Å². The van der Waals surface area contributed by atoms with E-state index in [-0.39, 0.29) is 25.0 Å². The molecular weight excluding hydrogens is 270 g/mol. The van der Waals surface area contributed by atoms with Gasteiger partial charge < -0.3 is 10.2 Å². The van der Waals surface area contributed by atoms with Gasteiger partial charge in [0.2, 0.25) is 0 Å². The highest BCUT2D eigenvalue weighted by Gasteiger charge is 2.38. The Bertz CT molecular complexity index is 522. The number of aliphatic hydroxyl groups is 2. The Morgan fingerprint density at radius 2 is 1.71 bits per heavy atom. The first-order valence-corrected chi connectivity index (χ1v) is 7.18. The van der Waals surface area contributed by atoms with Crippen molar-refractivity contribution in [3.05, 3.63) is 35.4 Å². The topological polar surface area (TPSA) is 77.8 Å². The second kappa shape index (κ2) is 5.95. The van der Waals surface area contributed by atoms with Gasteiger partial charge in [-0.1, -0.05) is 26.0 Å². The summed E-state index contributed by atoms with van der Waals surface area (Å²) in [5.74, 6) is -0.608. The molecule has 114 valence electrons. The summed E-state index contributed by atoms with van der Waals surface area (Å²) in [5, 5.41) is 19.5. The third-order valence-electron chi connectivity index (χ3n) is 4.34. The zero-order valence-electron chi connectivity index (χ0n) is 12.4. The molecule has 2 atom stereocenters. The molecule has 0 spiro atoms. The highest BCUT2D eigenvalue weighted by atomic mass is 16.3. The van der Waals surface area contributed by atoms with Crippen LogP contribution >= 0.6 is 0 Å². The average Bonchev–Trinajstić information content (AvgIpc) is 2.76. The van der Waals surface area contributed by atoms with Crippen LogP contribution in [0.1, 0.15) is 47.4 Å². The monoisotopic (exact) mass is 291 g/mol. The molecule has 1 aromatic rings. The minimum Gasteiger partial charge on any atom is -0.396 e. The number of aliphatic hydroxyl groups excluding tert-OH is 2. The van der Waals surface area contributed by atoms with Gasteiger partial charge in [-0.2, -0.15) is 0 Å². The fourth-order valence-corrected chi connectivity index (χ4v) is 2.65. The molecule has 1 heterocycles. The van der Waals surface area contributed by atoms with Crippen molar-refractivity contribution in [2.24, 2.45) is 5.41 Å². The van der Waals surface area contributed by atoms with E-state index in [0.29, 0.717) is 24.0 Å². The number of imide groups is 1. The van der Waals surface area contributed by atoms with Crippen LogP contribution in [0.25, 0.3) is 0 Å². The third kappa shape index (κ3) is 2.71. The predicted molar refractivity (Wildman–Crippen MR) is 77.9 cm³/mol. The van der Waals surface area contributed by atoms with Crippen LogP contribution in [-0.2, 0) is 0 Å². The maximum absolute atomic E-state index is 12.2. The van der Waals surface area contributed by atoms with Gasteiger partial charge in [-0.15, -0.1) is 0 Å². The van der Waals surface area contributed by atoms with Gasteiger partial charge in [-0.25, -0.2) is 0 Å².